The predicted molar refractivity (Wildman–Crippen MR) is 107 cm³/mol. The molecule has 0 aliphatic carbocycles. The fourth-order valence-electron chi connectivity index (χ4n) is 2.58. The quantitative estimate of drug-likeness (QED) is 0.540. The highest BCUT2D eigenvalue weighted by Crippen LogP contribution is 2.19. The van der Waals surface area contributed by atoms with Crippen molar-refractivity contribution in [3.8, 4) is 5.75 Å². The molecule has 3 aromatic rings. The Morgan fingerprint density at radius 2 is 2.08 bits per heavy atom. The van der Waals surface area contributed by atoms with Gasteiger partial charge in [0.25, 0.3) is 0 Å². The van der Waals surface area contributed by atoms with Crippen molar-refractivity contribution in [3.63, 3.8) is 0 Å². The molecule has 0 unspecified atom stereocenters. The molecule has 0 spiro atoms. The Bertz CT molecular complexity index is 922. The lowest BCUT2D eigenvalue weighted by Crippen LogP contribution is -2.17. The number of H-pyrrole nitrogens is 1. The molecule has 0 fully saturated rings. The Balaban J connectivity index is 1.64. The molecule has 1 aromatic heterocycles. The number of ether oxygens (including phenoxy) is 1. The lowest BCUT2D eigenvalue weighted by atomic mass is 10.2. The number of nitrogens with zero attached hydrogens (tertiary/aromatic N) is 2. The molecule has 0 radical (unpaired) electrons. The maximum atomic E-state index is 6.17. The summed E-state index contributed by atoms with van der Waals surface area (Å²) in [6, 6.07) is 15.6. The summed E-state index contributed by atoms with van der Waals surface area (Å²) >= 11 is 11.5. The van der Waals surface area contributed by atoms with Crippen molar-refractivity contribution in [2.45, 2.75) is 32.9 Å². The van der Waals surface area contributed by atoms with Crippen molar-refractivity contribution in [3.05, 3.63) is 75.3 Å². The maximum absolute atomic E-state index is 6.17. The number of benzene rings is 2. The monoisotopic (exact) mass is 388 g/mol. The van der Waals surface area contributed by atoms with Crippen LogP contribution < -0.4 is 10.2 Å². The molecule has 0 amide bonds. The second-order valence-electron chi connectivity index (χ2n) is 5.89. The molecular formula is C19H21ClN4OS. The van der Waals surface area contributed by atoms with Crippen LogP contribution in [-0.4, -0.2) is 14.9 Å². The minimum absolute atomic E-state index is 0.435. The van der Waals surface area contributed by atoms with Gasteiger partial charge in [0.05, 0.1) is 6.54 Å². The van der Waals surface area contributed by atoms with Crippen LogP contribution in [0.1, 0.15) is 30.3 Å². The van der Waals surface area contributed by atoms with E-state index in [0.29, 0.717) is 22.9 Å². The van der Waals surface area contributed by atoms with Crippen molar-refractivity contribution < 1.29 is 4.74 Å². The summed E-state index contributed by atoms with van der Waals surface area (Å²) in [6.07, 6.45) is 1.87. The molecule has 2 N–H and O–H groups in total. The van der Waals surface area contributed by atoms with E-state index in [1.54, 1.807) is 0 Å². The molecule has 0 atom stereocenters. The summed E-state index contributed by atoms with van der Waals surface area (Å²) in [5.74, 6) is 1.71. The molecule has 26 heavy (non-hydrogen) atoms. The average Bonchev–Trinajstić information content (AvgIpc) is 3.00. The smallest absolute Gasteiger partial charge is 0.214 e. The van der Waals surface area contributed by atoms with Gasteiger partial charge < -0.3 is 10.2 Å². The van der Waals surface area contributed by atoms with Gasteiger partial charge in [0.2, 0.25) is 4.77 Å². The van der Waals surface area contributed by atoms with Gasteiger partial charge in [-0.3, -0.25) is 5.10 Å². The first-order valence-electron chi connectivity index (χ1n) is 8.52. The Hall–Kier alpha value is -2.31. The summed E-state index contributed by atoms with van der Waals surface area (Å²) in [7, 11) is 0. The van der Waals surface area contributed by atoms with E-state index in [4.69, 9.17) is 28.6 Å². The minimum atomic E-state index is 0.435. The molecule has 0 saturated heterocycles. The van der Waals surface area contributed by atoms with Crippen LogP contribution in [0, 0.1) is 4.77 Å². The number of rotatable bonds is 8. The molecule has 2 aromatic carbocycles. The zero-order chi connectivity index (χ0) is 18.4. The van der Waals surface area contributed by atoms with Crippen LogP contribution >= 0.6 is 23.8 Å². The van der Waals surface area contributed by atoms with Gasteiger partial charge in [-0.2, -0.15) is 5.10 Å². The van der Waals surface area contributed by atoms with Gasteiger partial charge in [-0.25, -0.2) is 4.68 Å². The number of halogens is 1. The fourth-order valence-corrected chi connectivity index (χ4v) is 2.98. The lowest BCUT2D eigenvalue weighted by molar-refractivity contribution is 0.306. The second kappa shape index (κ2) is 8.87. The molecule has 0 aliphatic heterocycles. The SMILES string of the molecule is CCCc1n[nH]c(=S)n1NCc1cccc(OCc2ccccc2Cl)c1. The molecule has 136 valence electrons. The van der Waals surface area contributed by atoms with Gasteiger partial charge in [-0.15, -0.1) is 0 Å². The van der Waals surface area contributed by atoms with Gasteiger partial charge in [0.1, 0.15) is 12.4 Å². The molecule has 0 bridgehead atoms. The number of hydrogen-bond donors (Lipinski definition) is 2. The van der Waals surface area contributed by atoms with Crippen LogP contribution in [0.25, 0.3) is 0 Å². The van der Waals surface area contributed by atoms with E-state index in [9.17, 15) is 0 Å². The Morgan fingerprint density at radius 3 is 2.88 bits per heavy atom. The first-order chi connectivity index (χ1) is 12.7. The molecule has 0 saturated carbocycles. The molecular weight excluding hydrogens is 368 g/mol. The van der Waals surface area contributed by atoms with Gasteiger partial charge in [0.15, 0.2) is 5.82 Å². The maximum Gasteiger partial charge on any atom is 0.214 e. The van der Waals surface area contributed by atoms with E-state index in [1.807, 2.05) is 53.2 Å². The van der Waals surface area contributed by atoms with Gasteiger partial charge in [-0.1, -0.05) is 48.9 Å². The van der Waals surface area contributed by atoms with Crippen LogP contribution in [0.2, 0.25) is 5.02 Å². The lowest BCUT2D eigenvalue weighted by Gasteiger charge is -2.12. The highest BCUT2D eigenvalue weighted by molar-refractivity contribution is 7.71. The van der Waals surface area contributed by atoms with Crippen LogP contribution in [-0.2, 0) is 19.6 Å². The zero-order valence-electron chi connectivity index (χ0n) is 14.5. The highest BCUT2D eigenvalue weighted by atomic mass is 35.5. The van der Waals surface area contributed by atoms with E-state index >= 15 is 0 Å². The number of nitrogens with one attached hydrogen (secondary N) is 2. The average molecular weight is 389 g/mol. The summed E-state index contributed by atoms with van der Waals surface area (Å²) < 4.78 is 8.28. The Labute approximate surface area is 162 Å². The number of aryl methyl sites for hydroxylation is 1. The summed E-state index contributed by atoms with van der Waals surface area (Å²) in [4.78, 5) is 0. The summed E-state index contributed by atoms with van der Waals surface area (Å²) in [5.41, 5.74) is 5.37. The van der Waals surface area contributed by atoms with Crippen molar-refractivity contribution in [2.24, 2.45) is 0 Å². The third-order valence-electron chi connectivity index (χ3n) is 3.91. The molecule has 7 heteroatoms. The third-order valence-corrected chi connectivity index (χ3v) is 4.55. The molecule has 0 aliphatic rings. The van der Waals surface area contributed by atoms with Gasteiger partial charge in [0, 0.05) is 17.0 Å². The Morgan fingerprint density at radius 1 is 1.23 bits per heavy atom. The van der Waals surface area contributed by atoms with E-state index in [-0.39, 0.29) is 0 Å². The van der Waals surface area contributed by atoms with Crippen LogP contribution in [0.5, 0.6) is 5.75 Å². The first kappa shape index (κ1) is 18.5. The van der Waals surface area contributed by atoms with Crippen molar-refractivity contribution in [1.29, 1.82) is 0 Å². The first-order valence-corrected chi connectivity index (χ1v) is 9.31. The van der Waals surface area contributed by atoms with E-state index in [1.165, 1.54) is 0 Å². The Kier molecular flexibility index (Phi) is 6.30. The topological polar surface area (TPSA) is 54.9 Å². The van der Waals surface area contributed by atoms with Crippen molar-refractivity contribution in [1.82, 2.24) is 14.9 Å². The van der Waals surface area contributed by atoms with Crippen molar-refractivity contribution in [2.75, 3.05) is 5.43 Å². The minimum Gasteiger partial charge on any atom is -0.489 e. The van der Waals surface area contributed by atoms with Gasteiger partial charge in [-0.05, 0) is 42.4 Å². The van der Waals surface area contributed by atoms with Crippen LogP contribution in [0.4, 0.5) is 0 Å². The summed E-state index contributed by atoms with van der Waals surface area (Å²) in [6.45, 7) is 3.17. The van der Waals surface area contributed by atoms with Crippen LogP contribution in [0.15, 0.2) is 48.5 Å². The van der Waals surface area contributed by atoms with E-state index < -0.39 is 0 Å². The molecule has 5 nitrogen and oxygen atoms in total. The normalized spacial score (nSPS) is 10.7. The standard InChI is InChI=1S/C19H21ClN4OS/c1-2-6-18-22-23-19(26)24(18)21-12-14-7-5-9-16(11-14)25-13-15-8-3-4-10-17(15)20/h3-5,7-11,21H,2,6,12-13H2,1H3,(H,23,26). The largest absolute Gasteiger partial charge is 0.489 e. The second-order valence-corrected chi connectivity index (χ2v) is 6.69. The number of hydrogen-bond acceptors (Lipinski definition) is 4. The van der Waals surface area contributed by atoms with Crippen LogP contribution in [0.3, 0.4) is 0 Å². The van der Waals surface area contributed by atoms with Gasteiger partial charge >= 0.3 is 0 Å². The van der Waals surface area contributed by atoms with E-state index in [0.717, 1.165) is 35.5 Å². The zero-order valence-corrected chi connectivity index (χ0v) is 16.1. The number of aromatic amines is 1. The predicted octanol–water partition coefficient (Wildman–Crippen LogP) is 4.87. The third kappa shape index (κ3) is 4.65. The van der Waals surface area contributed by atoms with Crippen molar-refractivity contribution >= 4 is 23.8 Å². The summed E-state index contributed by atoms with van der Waals surface area (Å²) in [5, 5.41) is 7.79. The molecule has 3 rings (SSSR count). The molecule has 1 heterocycles. The fraction of sp³-hybridized carbons (Fsp3) is 0.263. The number of aromatic nitrogens is 3. The highest BCUT2D eigenvalue weighted by Gasteiger charge is 2.05. The van der Waals surface area contributed by atoms with E-state index in [2.05, 4.69) is 22.5 Å².